The van der Waals surface area contributed by atoms with Gasteiger partial charge in [0.1, 0.15) is 11.2 Å². The van der Waals surface area contributed by atoms with Gasteiger partial charge in [0, 0.05) is 50.4 Å². The average Bonchev–Trinajstić information content (AvgIpc) is 3.80. The maximum absolute atomic E-state index is 6.81. The van der Waals surface area contributed by atoms with E-state index >= 15 is 0 Å². The lowest BCUT2D eigenvalue weighted by atomic mass is 9.95. The molecule has 0 radical (unpaired) electrons. The van der Waals surface area contributed by atoms with Crippen molar-refractivity contribution in [2.24, 2.45) is 0 Å². The predicted molar refractivity (Wildman–Crippen MR) is 231 cm³/mol. The number of para-hydroxylation sites is 2. The Kier molecular flexibility index (Phi) is 7.17. The highest BCUT2D eigenvalue weighted by Gasteiger charge is 2.20. The minimum absolute atomic E-state index is 0.857. The second-order valence-corrected chi connectivity index (χ2v) is 14.1. The Morgan fingerprint density at radius 3 is 1.67 bits per heavy atom. The number of benzene rings is 9. The summed E-state index contributed by atoms with van der Waals surface area (Å²) in [6.07, 6.45) is 0. The molecule has 258 valence electrons. The Morgan fingerprint density at radius 1 is 0.345 bits per heavy atom. The van der Waals surface area contributed by atoms with Crippen molar-refractivity contribution >= 4 is 71.6 Å². The van der Waals surface area contributed by atoms with Crippen molar-refractivity contribution in [1.82, 2.24) is 4.57 Å². The van der Waals surface area contributed by atoms with Gasteiger partial charge in [-0.2, -0.15) is 0 Å². The van der Waals surface area contributed by atoms with E-state index in [1.165, 1.54) is 54.8 Å². The molecule has 9 aromatic carbocycles. The molecule has 11 rings (SSSR count). The second-order valence-electron chi connectivity index (χ2n) is 14.1. The zero-order valence-corrected chi connectivity index (χ0v) is 29.9. The van der Waals surface area contributed by atoms with Crippen molar-refractivity contribution in [2.75, 3.05) is 4.90 Å². The van der Waals surface area contributed by atoms with E-state index < -0.39 is 0 Å². The van der Waals surface area contributed by atoms with E-state index in [0.717, 1.165) is 44.7 Å². The third kappa shape index (κ3) is 5.13. The molecule has 0 bridgehead atoms. The van der Waals surface area contributed by atoms with Crippen molar-refractivity contribution < 1.29 is 4.42 Å². The number of furan rings is 1. The van der Waals surface area contributed by atoms with Gasteiger partial charge in [0.05, 0.1) is 11.0 Å². The fourth-order valence-corrected chi connectivity index (χ4v) is 8.46. The molecule has 3 heteroatoms. The molecule has 0 spiro atoms. The molecule has 0 aliphatic carbocycles. The Bertz CT molecular complexity index is 3180. The Morgan fingerprint density at radius 2 is 0.909 bits per heavy atom. The average molecular weight is 703 g/mol. The van der Waals surface area contributed by atoms with Gasteiger partial charge in [-0.15, -0.1) is 0 Å². The van der Waals surface area contributed by atoms with Gasteiger partial charge < -0.3 is 13.9 Å². The predicted octanol–water partition coefficient (Wildman–Crippen LogP) is 14.6. The number of aromatic nitrogens is 1. The molecular weight excluding hydrogens is 669 g/mol. The van der Waals surface area contributed by atoms with Crippen molar-refractivity contribution in [3.05, 3.63) is 206 Å². The summed E-state index contributed by atoms with van der Waals surface area (Å²) in [5.41, 5.74) is 13.1. The molecule has 2 aromatic heterocycles. The highest BCUT2D eigenvalue weighted by Crippen LogP contribution is 2.44. The molecule has 2 heterocycles. The van der Waals surface area contributed by atoms with Crippen LogP contribution < -0.4 is 4.90 Å². The van der Waals surface area contributed by atoms with E-state index in [1.807, 2.05) is 0 Å². The van der Waals surface area contributed by atoms with Crippen LogP contribution >= 0.6 is 0 Å². The lowest BCUT2D eigenvalue weighted by Crippen LogP contribution is -2.09. The van der Waals surface area contributed by atoms with Crippen LogP contribution in [0.1, 0.15) is 0 Å². The van der Waals surface area contributed by atoms with Gasteiger partial charge in [-0.05, 0) is 99.8 Å². The third-order valence-electron chi connectivity index (χ3n) is 11.0. The first-order chi connectivity index (χ1) is 27.3. The van der Waals surface area contributed by atoms with Crippen LogP contribution in [0.15, 0.2) is 211 Å². The number of rotatable bonds is 6. The molecule has 0 amide bonds. The standard InChI is InChI=1S/C52H34N2O/c1-4-14-35(15-5-1)36-24-26-39(27-25-36)53(40-29-31-49-47(32-40)43-21-12-13-23-48(43)54(49)38-18-8-3-9-19-38)41-28-30-45-50(33-41)55-51-34-46(37-16-6-2-7-17-37)42-20-10-11-22-44(42)52(45)51/h1-34H. The number of anilines is 3. The van der Waals surface area contributed by atoms with E-state index in [2.05, 4.69) is 216 Å². The van der Waals surface area contributed by atoms with Gasteiger partial charge in [0.25, 0.3) is 0 Å². The minimum Gasteiger partial charge on any atom is -0.456 e. The first-order valence-corrected chi connectivity index (χ1v) is 18.8. The van der Waals surface area contributed by atoms with E-state index in [9.17, 15) is 0 Å². The first kappa shape index (κ1) is 31.2. The van der Waals surface area contributed by atoms with Crippen LogP contribution in [0.3, 0.4) is 0 Å². The van der Waals surface area contributed by atoms with Crippen LogP contribution in [-0.4, -0.2) is 4.57 Å². The monoisotopic (exact) mass is 702 g/mol. The summed E-state index contributed by atoms with van der Waals surface area (Å²) >= 11 is 0. The summed E-state index contributed by atoms with van der Waals surface area (Å²) < 4.78 is 9.18. The maximum atomic E-state index is 6.81. The van der Waals surface area contributed by atoms with Gasteiger partial charge in [0.15, 0.2) is 0 Å². The second kappa shape index (κ2) is 12.6. The minimum atomic E-state index is 0.857. The molecule has 0 aliphatic rings. The summed E-state index contributed by atoms with van der Waals surface area (Å²) in [5, 5.41) is 7.08. The summed E-state index contributed by atoms with van der Waals surface area (Å²) in [7, 11) is 0. The molecule has 0 N–H and O–H groups in total. The van der Waals surface area contributed by atoms with Gasteiger partial charge in [0.2, 0.25) is 0 Å². The zero-order chi connectivity index (χ0) is 36.3. The molecule has 0 fully saturated rings. The van der Waals surface area contributed by atoms with Crippen LogP contribution in [0.5, 0.6) is 0 Å². The normalized spacial score (nSPS) is 11.6. The fourth-order valence-electron chi connectivity index (χ4n) is 8.46. The first-order valence-electron chi connectivity index (χ1n) is 18.8. The zero-order valence-electron chi connectivity index (χ0n) is 29.9. The van der Waals surface area contributed by atoms with Crippen molar-refractivity contribution in [2.45, 2.75) is 0 Å². The molecule has 0 atom stereocenters. The highest BCUT2D eigenvalue weighted by atomic mass is 16.3. The van der Waals surface area contributed by atoms with Crippen molar-refractivity contribution in [3.8, 4) is 27.9 Å². The Balaban J connectivity index is 1.12. The summed E-state index contributed by atoms with van der Waals surface area (Å²) in [5.74, 6) is 0. The topological polar surface area (TPSA) is 21.3 Å². The largest absolute Gasteiger partial charge is 0.456 e. The molecular formula is C52H34N2O. The number of fused-ring (bicyclic) bond motifs is 8. The maximum Gasteiger partial charge on any atom is 0.137 e. The van der Waals surface area contributed by atoms with Crippen molar-refractivity contribution in [1.29, 1.82) is 0 Å². The van der Waals surface area contributed by atoms with Crippen LogP contribution in [0.2, 0.25) is 0 Å². The fraction of sp³-hybridized carbons (Fsp3) is 0. The van der Waals surface area contributed by atoms with E-state index in [1.54, 1.807) is 0 Å². The Hall–Kier alpha value is -7.36. The van der Waals surface area contributed by atoms with Crippen LogP contribution in [0, 0.1) is 0 Å². The molecule has 0 aliphatic heterocycles. The molecule has 0 saturated carbocycles. The quantitative estimate of drug-likeness (QED) is 0.172. The number of nitrogens with zero attached hydrogens (tertiary/aromatic N) is 2. The molecule has 11 aromatic rings. The smallest absolute Gasteiger partial charge is 0.137 e. The van der Waals surface area contributed by atoms with Gasteiger partial charge in [-0.1, -0.05) is 133 Å². The van der Waals surface area contributed by atoms with Crippen LogP contribution in [-0.2, 0) is 0 Å². The van der Waals surface area contributed by atoms with E-state index in [0.29, 0.717) is 0 Å². The highest BCUT2D eigenvalue weighted by molar-refractivity contribution is 6.22. The molecule has 55 heavy (non-hydrogen) atoms. The van der Waals surface area contributed by atoms with Crippen LogP contribution in [0.4, 0.5) is 17.1 Å². The Labute approximate surface area is 318 Å². The van der Waals surface area contributed by atoms with Crippen LogP contribution in [0.25, 0.3) is 82.5 Å². The van der Waals surface area contributed by atoms with Crippen molar-refractivity contribution in [3.63, 3.8) is 0 Å². The SMILES string of the molecule is c1ccc(-c2ccc(N(c3ccc4c(c3)oc3cc(-c5ccccc5)c5ccccc5c34)c3ccc4c(c3)c3ccccc3n4-c3ccccc3)cc2)cc1. The summed E-state index contributed by atoms with van der Waals surface area (Å²) in [4.78, 5) is 2.35. The number of hydrogen-bond acceptors (Lipinski definition) is 2. The molecule has 0 unspecified atom stereocenters. The molecule has 0 saturated heterocycles. The summed E-state index contributed by atoms with van der Waals surface area (Å²) in [6, 6.07) is 73.8. The van der Waals surface area contributed by atoms with E-state index in [-0.39, 0.29) is 0 Å². The van der Waals surface area contributed by atoms with Gasteiger partial charge in [-0.25, -0.2) is 0 Å². The van der Waals surface area contributed by atoms with Gasteiger partial charge >= 0.3 is 0 Å². The lowest BCUT2D eigenvalue weighted by Gasteiger charge is -2.26. The summed E-state index contributed by atoms with van der Waals surface area (Å²) in [6.45, 7) is 0. The van der Waals surface area contributed by atoms with E-state index in [4.69, 9.17) is 4.42 Å². The number of hydrogen-bond donors (Lipinski definition) is 0. The molecule has 3 nitrogen and oxygen atoms in total. The lowest BCUT2D eigenvalue weighted by molar-refractivity contribution is 0.669. The third-order valence-corrected chi connectivity index (χ3v) is 11.0. The van der Waals surface area contributed by atoms with Gasteiger partial charge in [-0.3, -0.25) is 0 Å².